The summed E-state index contributed by atoms with van der Waals surface area (Å²) in [4.78, 5) is 35.7. The number of esters is 1. The highest BCUT2D eigenvalue weighted by atomic mass is 16.5. The number of primary amides is 1. The second kappa shape index (κ2) is 8.66. The first-order valence-electron chi connectivity index (χ1n) is 8.04. The van der Waals surface area contributed by atoms with Gasteiger partial charge in [0.25, 0.3) is 5.91 Å². The van der Waals surface area contributed by atoms with Crippen LogP contribution >= 0.6 is 0 Å². The third kappa shape index (κ3) is 4.83. The molecule has 5 N–H and O–H groups in total. The highest BCUT2D eigenvalue weighted by Crippen LogP contribution is 2.25. The summed E-state index contributed by atoms with van der Waals surface area (Å²) in [5, 5.41) is 2.60. The predicted molar refractivity (Wildman–Crippen MR) is 98.0 cm³/mol. The number of carbonyl (C=O) groups is 3. The number of benzene rings is 2. The second-order valence-electron chi connectivity index (χ2n) is 5.73. The third-order valence-corrected chi connectivity index (χ3v) is 3.84. The first-order valence-corrected chi connectivity index (χ1v) is 8.04. The summed E-state index contributed by atoms with van der Waals surface area (Å²) in [6.45, 7) is 0. The molecule has 0 aliphatic heterocycles. The molecule has 0 radical (unpaired) electrons. The third-order valence-electron chi connectivity index (χ3n) is 3.84. The highest BCUT2D eigenvalue weighted by molar-refractivity contribution is 6.03. The molecule has 7 nitrogen and oxygen atoms in total. The standard InChI is InChI=1S/C19H21N3O4/c1-26-19(25)16(9-10-17(21)23)22-18(24)15-11-13(20)7-8-14(15)12-5-3-2-4-6-12/h2-8,11,16H,9-10,20H2,1H3,(H2,21,23)(H,22,24). The molecule has 0 saturated heterocycles. The number of hydrogen-bond acceptors (Lipinski definition) is 5. The van der Waals surface area contributed by atoms with Crippen molar-refractivity contribution in [2.75, 3.05) is 12.8 Å². The van der Waals surface area contributed by atoms with Crippen LogP contribution in [0.4, 0.5) is 5.69 Å². The van der Waals surface area contributed by atoms with Crippen LogP contribution in [-0.4, -0.2) is 30.9 Å². The molecule has 0 spiro atoms. The van der Waals surface area contributed by atoms with Gasteiger partial charge in [0.05, 0.1) is 7.11 Å². The Morgan fingerprint density at radius 1 is 1.12 bits per heavy atom. The van der Waals surface area contributed by atoms with E-state index >= 15 is 0 Å². The summed E-state index contributed by atoms with van der Waals surface area (Å²) < 4.78 is 4.69. The first kappa shape index (κ1) is 19.0. The fraction of sp³-hybridized carbons (Fsp3) is 0.211. The zero-order chi connectivity index (χ0) is 19.1. The van der Waals surface area contributed by atoms with E-state index in [1.807, 2.05) is 30.3 Å². The Morgan fingerprint density at radius 3 is 2.42 bits per heavy atom. The van der Waals surface area contributed by atoms with E-state index in [1.54, 1.807) is 18.2 Å². The highest BCUT2D eigenvalue weighted by Gasteiger charge is 2.24. The zero-order valence-electron chi connectivity index (χ0n) is 14.4. The quantitative estimate of drug-likeness (QED) is 0.512. The number of nitrogens with two attached hydrogens (primary N) is 2. The molecule has 0 saturated carbocycles. The van der Waals surface area contributed by atoms with Crippen molar-refractivity contribution >= 4 is 23.5 Å². The molecule has 0 bridgehead atoms. The number of anilines is 1. The molecule has 0 aliphatic carbocycles. The fourth-order valence-electron chi connectivity index (χ4n) is 2.53. The monoisotopic (exact) mass is 355 g/mol. The molecule has 136 valence electrons. The van der Waals surface area contributed by atoms with E-state index in [1.165, 1.54) is 7.11 Å². The largest absolute Gasteiger partial charge is 0.467 e. The van der Waals surface area contributed by atoms with Gasteiger partial charge in [0.2, 0.25) is 5.91 Å². The molecule has 0 heterocycles. The van der Waals surface area contributed by atoms with Crippen LogP contribution in [0.15, 0.2) is 48.5 Å². The summed E-state index contributed by atoms with van der Waals surface area (Å²) in [7, 11) is 1.21. The lowest BCUT2D eigenvalue weighted by atomic mass is 9.98. The van der Waals surface area contributed by atoms with Gasteiger partial charge in [0, 0.05) is 17.7 Å². The van der Waals surface area contributed by atoms with Crippen molar-refractivity contribution in [1.82, 2.24) is 5.32 Å². The van der Waals surface area contributed by atoms with Crippen LogP contribution in [0.5, 0.6) is 0 Å². The Bertz CT molecular complexity index is 806. The van der Waals surface area contributed by atoms with E-state index in [0.717, 1.165) is 5.56 Å². The molecule has 26 heavy (non-hydrogen) atoms. The van der Waals surface area contributed by atoms with Crippen LogP contribution in [-0.2, 0) is 14.3 Å². The minimum atomic E-state index is -0.981. The topological polar surface area (TPSA) is 125 Å². The predicted octanol–water partition coefficient (Wildman–Crippen LogP) is 1.47. The van der Waals surface area contributed by atoms with Gasteiger partial charge in [-0.05, 0) is 29.7 Å². The molecular weight excluding hydrogens is 334 g/mol. The molecule has 0 aromatic heterocycles. The summed E-state index contributed by atoms with van der Waals surface area (Å²) in [6.07, 6.45) is -0.000744. The van der Waals surface area contributed by atoms with Gasteiger partial charge in [-0.25, -0.2) is 4.79 Å². The summed E-state index contributed by atoms with van der Waals surface area (Å²) in [5.74, 6) is -1.71. The minimum Gasteiger partial charge on any atom is -0.467 e. The SMILES string of the molecule is COC(=O)C(CCC(N)=O)NC(=O)c1cc(N)ccc1-c1ccccc1. The second-order valence-corrected chi connectivity index (χ2v) is 5.73. The van der Waals surface area contributed by atoms with Gasteiger partial charge in [-0.3, -0.25) is 9.59 Å². The van der Waals surface area contributed by atoms with Gasteiger partial charge < -0.3 is 21.5 Å². The summed E-state index contributed by atoms with van der Waals surface area (Å²) in [5.41, 5.74) is 13.2. The van der Waals surface area contributed by atoms with Crippen molar-refractivity contribution in [3.63, 3.8) is 0 Å². The van der Waals surface area contributed by atoms with Crippen LogP contribution in [0, 0.1) is 0 Å². The number of rotatable bonds is 7. The fourth-order valence-corrected chi connectivity index (χ4v) is 2.53. The Hall–Kier alpha value is -3.35. The number of amides is 2. The van der Waals surface area contributed by atoms with E-state index in [2.05, 4.69) is 10.1 Å². The molecule has 0 fully saturated rings. The van der Waals surface area contributed by atoms with E-state index in [-0.39, 0.29) is 12.8 Å². The van der Waals surface area contributed by atoms with Crippen LogP contribution < -0.4 is 16.8 Å². The molecule has 0 aliphatic rings. The number of carbonyl (C=O) groups excluding carboxylic acids is 3. The molecule has 7 heteroatoms. The van der Waals surface area contributed by atoms with Gasteiger partial charge in [-0.1, -0.05) is 36.4 Å². The van der Waals surface area contributed by atoms with Crippen molar-refractivity contribution in [1.29, 1.82) is 0 Å². The number of nitrogen functional groups attached to an aromatic ring is 1. The Kier molecular flexibility index (Phi) is 6.32. The lowest BCUT2D eigenvalue weighted by molar-refractivity contribution is -0.143. The van der Waals surface area contributed by atoms with Gasteiger partial charge in [-0.2, -0.15) is 0 Å². The molecule has 1 unspecified atom stereocenters. The van der Waals surface area contributed by atoms with Gasteiger partial charge in [0.15, 0.2) is 0 Å². The number of nitrogens with one attached hydrogen (secondary N) is 1. The van der Waals surface area contributed by atoms with Crippen molar-refractivity contribution in [2.24, 2.45) is 5.73 Å². The number of methoxy groups -OCH3 is 1. The van der Waals surface area contributed by atoms with E-state index in [4.69, 9.17) is 11.5 Å². The molecule has 2 aromatic carbocycles. The van der Waals surface area contributed by atoms with Gasteiger partial charge >= 0.3 is 5.97 Å². The molecule has 2 rings (SSSR count). The van der Waals surface area contributed by atoms with E-state index in [9.17, 15) is 14.4 Å². The van der Waals surface area contributed by atoms with Crippen molar-refractivity contribution in [2.45, 2.75) is 18.9 Å². The first-order chi connectivity index (χ1) is 12.4. The average Bonchev–Trinajstić information content (AvgIpc) is 2.64. The van der Waals surface area contributed by atoms with Crippen LogP contribution in [0.2, 0.25) is 0 Å². The molecule has 2 amide bonds. The normalized spacial score (nSPS) is 11.4. The molecule has 1 atom stereocenters. The Balaban J connectivity index is 2.31. The van der Waals surface area contributed by atoms with Crippen LogP contribution in [0.25, 0.3) is 11.1 Å². The Labute approximate surface area is 151 Å². The lowest BCUT2D eigenvalue weighted by Gasteiger charge is -2.17. The molecular formula is C19H21N3O4. The summed E-state index contributed by atoms with van der Waals surface area (Å²) in [6, 6.07) is 13.3. The maximum atomic E-state index is 12.8. The molecule has 2 aromatic rings. The number of hydrogen-bond donors (Lipinski definition) is 3. The lowest BCUT2D eigenvalue weighted by Crippen LogP contribution is -2.42. The van der Waals surface area contributed by atoms with E-state index < -0.39 is 23.8 Å². The van der Waals surface area contributed by atoms with Crippen molar-refractivity contribution < 1.29 is 19.1 Å². The van der Waals surface area contributed by atoms with Crippen molar-refractivity contribution in [3.05, 3.63) is 54.1 Å². The maximum absolute atomic E-state index is 12.8. The van der Waals surface area contributed by atoms with Gasteiger partial charge in [-0.15, -0.1) is 0 Å². The zero-order valence-corrected chi connectivity index (χ0v) is 14.4. The van der Waals surface area contributed by atoms with Crippen LogP contribution in [0.3, 0.4) is 0 Å². The minimum absolute atomic E-state index is 0.0523. The summed E-state index contributed by atoms with van der Waals surface area (Å²) >= 11 is 0. The smallest absolute Gasteiger partial charge is 0.328 e. The number of ether oxygens (including phenoxy) is 1. The van der Waals surface area contributed by atoms with E-state index in [0.29, 0.717) is 16.8 Å². The van der Waals surface area contributed by atoms with Crippen molar-refractivity contribution in [3.8, 4) is 11.1 Å². The Morgan fingerprint density at radius 2 is 1.81 bits per heavy atom. The maximum Gasteiger partial charge on any atom is 0.328 e. The average molecular weight is 355 g/mol. The van der Waals surface area contributed by atoms with Crippen LogP contribution in [0.1, 0.15) is 23.2 Å². The van der Waals surface area contributed by atoms with Gasteiger partial charge in [0.1, 0.15) is 6.04 Å².